The minimum atomic E-state index is -3.86. The second kappa shape index (κ2) is 7.64. The summed E-state index contributed by atoms with van der Waals surface area (Å²) in [4.78, 5) is 23.1. The van der Waals surface area contributed by atoms with E-state index in [1.807, 2.05) is 0 Å². The third-order valence-corrected chi connectivity index (χ3v) is 5.29. The number of nitrogens with two attached hydrogens (primary N) is 1. The molecule has 0 aromatic heterocycles. The summed E-state index contributed by atoms with van der Waals surface area (Å²) in [7, 11) is -2.61. The van der Waals surface area contributed by atoms with E-state index in [0.29, 0.717) is 5.02 Å². The van der Waals surface area contributed by atoms with E-state index in [1.54, 1.807) is 0 Å². The molecule has 2 aromatic carbocycles. The van der Waals surface area contributed by atoms with Gasteiger partial charge in [0.1, 0.15) is 12.3 Å². The van der Waals surface area contributed by atoms with Crippen LogP contribution in [0.1, 0.15) is 10.4 Å². The molecule has 0 radical (unpaired) electrons. The van der Waals surface area contributed by atoms with Gasteiger partial charge in [0.15, 0.2) is 0 Å². The number of hydrogen-bond donors (Lipinski definition) is 1. The van der Waals surface area contributed by atoms with E-state index >= 15 is 0 Å². The minimum Gasteiger partial charge on any atom is -0.426 e. The van der Waals surface area contributed by atoms with Crippen molar-refractivity contribution in [2.75, 3.05) is 13.6 Å². The SMILES string of the molecule is CN(CC(=O)Oc1cccc(C(N)=O)c1)S(=O)(=O)c1ccc(Cl)cc1. The number of halogens is 1. The molecule has 2 rings (SSSR count). The highest BCUT2D eigenvalue weighted by Gasteiger charge is 2.23. The van der Waals surface area contributed by atoms with Gasteiger partial charge in [0.25, 0.3) is 0 Å². The predicted molar refractivity (Wildman–Crippen MR) is 91.9 cm³/mol. The van der Waals surface area contributed by atoms with Crippen LogP contribution in [0.4, 0.5) is 0 Å². The van der Waals surface area contributed by atoms with E-state index in [1.165, 1.54) is 55.6 Å². The Morgan fingerprint density at radius 3 is 2.40 bits per heavy atom. The van der Waals surface area contributed by atoms with Gasteiger partial charge in [0, 0.05) is 17.6 Å². The average molecular weight is 383 g/mol. The second-order valence-corrected chi connectivity index (χ2v) is 7.56. The molecule has 0 saturated heterocycles. The molecule has 7 nitrogen and oxygen atoms in total. The first-order chi connectivity index (χ1) is 11.7. The van der Waals surface area contributed by atoms with E-state index in [4.69, 9.17) is 22.1 Å². The summed E-state index contributed by atoms with van der Waals surface area (Å²) in [6, 6.07) is 11.3. The van der Waals surface area contributed by atoms with E-state index in [-0.39, 0.29) is 16.2 Å². The van der Waals surface area contributed by atoms with Crippen LogP contribution in [-0.4, -0.2) is 38.2 Å². The number of carbonyl (C=O) groups excluding carboxylic acids is 2. The van der Waals surface area contributed by atoms with Crippen LogP contribution in [0.15, 0.2) is 53.4 Å². The third kappa shape index (κ3) is 4.79. The molecular weight excluding hydrogens is 368 g/mol. The number of primary amides is 1. The molecule has 0 fully saturated rings. The molecule has 0 heterocycles. The van der Waals surface area contributed by atoms with Gasteiger partial charge in [-0.15, -0.1) is 0 Å². The first-order valence-electron chi connectivity index (χ1n) is 7.02. The molecule has 9 heteroatoms. The van der Waals surface area contributed by atoms with Crippen molar-refractivity contribution < 1.29 is 22.7 Å². The summed E-state index contributed by atoms with van der Waals surface area (Å²) < 4.78 is 30.7. The Hall–Kier alpha value is -2.42. The third-order valence-electron chi connectivity index (χ3n) is 3.22. The van der Waals surface area contributed by atoms with Gasteiger partial charge in [0.05, 0.1) is 4.90 Å². The van der Waals surface area contributed by atoms with Crippen LogP contribution >= 0.6 is 11.6 Å². The molecular formula is C16H15ClN2O5S. The fourth-order valence-electron chi connectivity index (χ4n) is 1.93. The van der Waals surface area contributed by atoms with Gasteiger partial charge >= 0.3 is 5.97 Å². The molecule has 0 saturated carbocycles. The van der Waals surface area contributed by atoms with Crippen molar-refractivity contribution in [3.63, 3.8) is 0 Å². The summed E-state index contributed by atoms with van der Waals surface area (Å²) in [5.74, 6) is -1.37. The zero-order valence-corrected chi connectivity index (χ0v) is 14.8. The van der Waals surface area contributed by atoms with Crippen LogP contribution in [0, 0.1) is 0 Å². The van der Waals surface area contributed by atoms with Crippen LogP contribution in [0.3, 0.4) is 0 Å². The van der Waals surface area contributed by atoms with Crippen LogP contribution in [0.5, 0.6) is 5.75 Å². The number of esters is 1. The molecule has 0 atom stereocenters. The monoisotopic (exact) mass is 382 g/mol. The summed E-state index contributed by atoms with van der Waals surface area (Å²) in [5, 5.41) is 0.398. The van der Waals surface area contributed by atoms with Gasteiger partial charge in [-0.1, -0.05) is 17.7 Å². The van der Waals surface area contributed by atoms with Gasteiger partial charge in [-0.3, -0.25) is 9.59 Å². The Morgan fingerprint density at radius 1 is 1.16 bits per heavy atom. The lowest BCUT2D eigenvalue weighted by atomic mass is 10.2. The standard InChI is InChI=1S/C16H15ClN2O5S/c1-19(25(22,23)14-7-5-12(17)6-8-14)10-15(20)24-13-4-2-3-11(9-13)16(18)21/h2-9H,10H2,1H3,(H2,18,21). The van der Waals surface area contributed by atoms with E-state index in [2.05, 4.69) is 0 Å². The molecule has 0 unspecified atom stereocenters. The summed E-state index contributed by atoms with van der Waals surface area (Å²) in [6.45, 7) is -0.508. The van der Waals surface area contributed by atoms with Crippen molar-refractivity contribution in [1.82, 2.24) is 4.31 Å². The highest BCUT2D eigenvalue weighted by molar-refractivity contribution is 7.89. The van der Waals surface area contributed by atoms with Crippen molar-refractivity contribution in [3.8, 4) is 5.75 Å². The minimum absolute atomic E-state index is 0.00271. The maximum absolute atomic E-state index is 12.4. The topological polar surface area (TPSA) is 107 Å². The Labute approximate surface area is 150 Å². The molecule has 0 aliphatic heterocycles. The Balaban J connectivity index is 2.08. The number of likely N-dealkylation sites (N-methyl/N-ethyl adjacent to an activating group) is 1. The molecule has 0 aliphatic carbocycles. The maximum Gasteiger partial charge on any atom is 0.326 e. The van der Waals surface area contributed by atoms with Gasteiger partial charge in [-0.2, -0.15) is 4.31 Å². The number of carbonyl (C=O) groups is 2. The molecule has 25 heavy (non-hydrogen) atoms. The molecule has 132 valence electrons. The largest absolute Gasteiger partial charge is 0.426 e. The van der Waals surface area contributed by atoms with Gasteiger partial charge < -0.3 is 10.5 Å². The van der Waals surface area contributed by atoms with Crippen LogP contribution < -0.4 is 10.5 Å². The van der Waals surface area contributed by atoms with E-state index in [9.17, 15) is 18.0 Å². The van der Waals surface area contributed by atoms with Gasteiger partial charge in [-0.25, -0.2) is 8.42 Å². The van der Waals surface area contributed by atoms with Crippen molar-refractivity contribution >= 4 is 33.5 Å². The highest BCUT2D eigenvalue weighted by Crippen LogP contribution is 2.18. The Bertz CT molecular complexity index is 897. The van der Waals surface area contributed by atoms with Crippen molar-refractivity contribution in [3.05, 3.63) is 59.1 Å². The number of benzene rings is 2. The molecule has 0 spiro atoms. The normalized spacial score (nSPS) is 11.3. The fourth-order valence-corrected chi connectivity index (χ4v) is 3.17. The summed E-state index contributed by atoms with van der Waals surface area (Å²) in [6.07, 6.45) is 0. The summed E-state index contributed by atoms with van der Waals surface area (Å²) >= 11 is 5.74. The van der Waals surface area contributed by atoms with Crippen molar-refractivity contribution in [2.24, 2.45) is 5.73 Å². The van der Waals surface area contributed by atoms with E-state index in [0.717, 1.165) is 4.31 Å². The van der Waals surface area contributed by atoms with E-state index < -0.39 is 28.4 Å². The zero-order chi connectivity index (χ0) is 18.6. The number of hydrogen-bond acceptors (Lipinski definition) is 5. The Morgan fingerprint density at radius 2 is 1.80 bits per heavy atom. The zero-order valence-electron chi connectivity index (χ0n) is 13.2. The van der Waals surface area contributed by atoms with Gasteiger partial charge in [0.2, 0.25) is 15.9 Å². The lowest BCUT2D eigenvalue weighted by Crippen LogP contribution is -2.34. The molecule has 1 amide bonds. The smallest absolute Gasteiger partial charge is 0.326 e. The van der Waals surface area contributed by atoms with Crippen molar-refractivity contribution in [1.29, 1.82) is 0 Å². The summed E-state index contributed by atoms with van der Waals surface area (Å²) in [5.41, 5.74) is 5.32. The van der Waals surface area contributed by atoms with Crippen LogP contribution in [0.25, 0.3) is 0 Å². The number of sulfonamides is 1. The number of ether oxygens (including phenoxy) is 1. The maximum atomic E-state index is 12.4. The molecule has 0 aliphatic rings. The molecule has 0 bridgehead atoms. The fraction of sp³-hybridized carbons (Fsp3) is 0.125. The lowest BCUT2D eigenvalue weighted by Gasteiger charge is -2.16. The van der Waals surface area contributed by atoms with Crippen LogP contribution in [0.2, 0.25) is 5.02 Å². The first kappa shape index (κ1) is 18.9. The predicted octanol–water partition coefficient (Wildman–Crippen LogP) is 1.66. The average Bonchev–Trinajstić information content (AvgIpc) is 2.55. The Kier molecular flexibility index (Phi) is 5.78. The number of amides is 1. The quantitative estimate of drug-likeness (QED) is 0.604. The first-order valence-corrected chi connectivity index (χ1v) is 8.84. The van der Waals surface area contributed by atoms with Gasteiger partial charge in [-0.05, 0) is 42.5 Å². The molecule has 2 aromatic rings. The highest BCUT2D eigenvalue weighted by atomic mass is 35.5. The second-order valence-electron chi connectivity index (χ2n) is 5.08. The van der Waals surface area contributed by atoms with Crippen molar-refractivity contribution in [2.45, 2.75) is 4.90 Å². The van der Waals surface area contributed by atoms with Crippen LogP contribution in [-0.2, 0) is 14.8 Å². The number of nitrogens with zero attached hydrogens (tertiary/aromatic N) is 1. The number of rotatable bonds is 6. The lowest BCUT2D eigenvalue weighted by molar-refractivity contribution is -0.134. The molecule has 2 N–H and O–H groups in total.